The van der Waals surface area contributed by atoms with E-state index in [0.717, 1.165) is 23.3 Å². The Bertz CT molecular complexity index is 372. The van der Waals surface area contributed by atoms with Crippen LogP contribution in [0.2, 0.25) is 0 Å². The Labute approximate surface area is 90.9 Å². The first-order valence-electron chi connectivity index (χ1n) is 5.01. The number of benzene rings is 1. The lowest BCUT2D eigenvalue weighted by molar-refractivity contribution is 0.264. The van der Waals surface area contributed by atoms with Gasteiger partial charge >= 0.3 is 0 Å². The van der Waals surface area contributed by atoms with Gasteiger partial charge in [0.05, 0.1) is 13.2 Å². The molecule has 0 aliphatic heterocycles. The maximum absolute atomic E-state index is 9.14. The molecule has 0 aliphatic rings. The van der Waals surface area contributed by atoms with Gasteiger partial charge in [0.2, 0.25) is 0 Å². The first kappa shape index (κ1) is 11.6. The molecule has 0 saturated heterocycles. The molecule has 80 valence electrons. The van der Waals surface area contributed by atoms with Crippen LogP contribution in [0.25, 0.3) is 0 Å². The third kappa shape index (κ3) is 3.30. The maximum Gasteiger partial charge on any atom is 0.127 e. The van der Waals surface area contributed by atoms with Gasteiger partial charge in [-0.2, -0.15) is 0 Å². The fourth-order valence-electron chi connectivity index (χ4n) is 1.37. The zero-order chi connectivity index (χ0) is 11.1. The van der Waals surface area contributed by atoms with Gasteiger partial charge < -0.3 is 9.84 Å². The van der Waals surface area contributed by atoms with Gasteiger partial charge in [0, 0.05) is 12.0 Å². The van der Waals surface area contributed by atoms with Gasteiger partial charge in [0.25, 0.3) is 0 Å². The third-order valence-electron chi connectivity index (χ3n) is 2.11. The summed E-state index contributed by atoms with van der Waals surface area (Å²) in [4.78, 5) is 0. The smallest absolute Gasteiger partial charge is 0.127 e. The molecule has 0 amide bonds. The van der Waals surface area contributed by atoms with E-state index in [-0.39, 0.29) is 6.61 Å². The van der Waals surface area contributed by atoms with E-state index in [1.165, 1.54) is 0 Å². The van der Waals surface area contributed by atoms with E-state index in [9.17, 15) is 0 Å². The molecule has 1 N–H and O–H groups in total. The van der Waals surface area contributed by atoms with Crippen LogP contribution in [0.3, 0.4) is 0 Å². The van der Waals surface area contributed by atoms with Crippen molar-refractivity contribution in [1.82, 2.24) is 0 Å². The number of para-hydroxylation sites is 1. The second-order valence-electron chi connectivity index (χ2n) is 3.25. The SMILES string of the molecule is CC#CCCOc1c(C)cccc1CO. The van der Waals surface area contributed by atoms with Gasteiger partial charge in [-0.3, -0.25) is 0 Å². The Morgan fingerprint density at radius 2 is 2.20 bits per heavy atom. The Hall–Kier alpha value is -1.46. The number of aliphatic hydroxyl groups excluding tert-OH is 1. The van der Waals surface area contributed by atoms with Crippen LogP contribution in [0.15, 0.2) is 18.2 Å². The minimum Gasteiger partial charge on any atom is -0.492 e. The van der Waals surface area contributed by atoms with E-state index >= 15 is 0 Å². The summed E-state index contributed by atoms with van der Waals surface area (Å²) in [6.07, 6.45) is 0.718. The third-order valence-corrected chi connectivity index (χ3v) is 2.11. The van der Waals surface area contributed by atoms with E-state index in [2.05, 4.69) is 11.8 Å². The van der Waals surface area contributed by atoms with Crippen molar-refractivity contribution in [2.45, 2.75) is 26.9 Å². The number of rotatable bonds is 4. The van der Waals surface area contributed by atoms with Crippen molar-refractivity contribution in [3.05, 3.63) is 29.3 Å². The van der Waals surface area contributed by atoms with Crippen LogP contribution in [-0.2, 0) is 6.61 Å². The summed E-state index contributed by atoms with van der Waals surface area (Å²) in [6.45, 7) is 4.36. The van der Waals surface area contributed by atoms with E-state index < -0.39 is 0 Å². The molecular weight excluding hydrogens is 188 g/mol. The van der Waals surface area contributed by atoms with Crippen molar-refractivity contribution in [2.24, 2.45) is 0 Å². The molecule has 1 rings (SSSR count). The molecule has 0 unspecified atom stereocenters. The van der Waals surface area contributed by atoms with Crippen LogP contribution >= 0.6 is 0 Å². The van der Waals surface area contributed by atoms with Gasteiger partial charge in [-0.15, -0.1) is 11.8 Å². The van der Waals surface area contributed by atoms with Gasteiger partial charge in [-0.25, -0.2) is 0 Å². The van der Waals surface area contributed by atoms with Gasteiger partial charge in [0.1, 0.15) is 5.75 Å². The average molecular weight is 204 g/mol. The van der Waals surface area contributed by atoms with Gasteiger partial charge in [-0.05, 0) is 19.4 Å². The second-order valence-corrected chi connectivity index (χ2v) is 3.25. The normalized spacial score (nSPS) is 9.27. The van der Waals surface area contributed by atoms with Gasteiger partial charge in [0.15, 0.2) is 0 Å². The standard InChI is InChI=1S/C13H16O2/c1-3-4-5-9-15-13-11(2)7-6-8-12(13)10-14/h6-8,14H,5,9-10H2,1-2H3. The molecule has 0 fully saturated rings. The topological polar surface area (TPSA) is 29.5 Å². The van der Waals surface area contributed by atoms with Crippen molar-refractivity contribution < 1.29 is 9.84 Å². The lowest BCUT2D eigenvalue weighted by atomic mass is 10.1. The Morgan fingerprint density at radius 3 is 2.87 bits per heavy atom. The second kappa shape index (κ2) is 6.10. The molecule has 0 spiro atoms. The number of hydrogen-bond donors (Lipinski definition) is 1. The van der Waals surface area contributed by atoms with Crippen LogP contribution in [0, 0.1) is 18.8 Å². The summed E-state index contributed by atoms with van der Waals surface area (Å²) < 4.78 is 5.60. The number of ether oxygens (including phenoxy) is 1. The van der Waals surface area contributed by atoms with Crippen molar-refractivity contribution in [1.29, 1.82) is 0 Å². The largest absolute Gasteiger partial charge is 0.492 e. The van der Waals surface area contributed by atoms with E-state index in [4.69, 9.17) is 9.84 Å². The highest BCUT2D eigenvalue weighted by molar-refractivity contribution is 5.40. The fraction of sp³-hybridized carbons (Fsp3) is 0.385. The maximum atomic E-state index is 9.14. The van der Waals surface area contributed by atoms with Crippen LogP contribution in [0.1, 0.15) is 24.5 Å². The highest BCUT2D eigenvalue weighted by Gasteiger charge is 2.04. The molecular formula is C13H16O2. The van der Waals surface area contributed by atoms with Crippen LogP contribution in [-0.4, -0.2) is 11.7 Å². The molecule has 0 atom stereocenters. The highest BCUT2D eigenvalue weighted by Crippen LogP contribution is 2.23. The summed E-state index contributed by atoms with van der Waals surface area (Å²) in [5.41, 5.74) is 1.88. The molecule has 0 aromatic heterocycles. The zero-order valence-corrected chi connectivity index (χ0v) is 9.21. The van der Waals surface area contributed by atoms with Crippen LogP contribution in [0.5, 0.6) is 5.75 Å². The molecule has 1 aromatic carbocycles. The van der Waals surface area contributed by atoms with E-state index in [1.54, 1.807) is 0 Å². The molecule has 0 heterocycles. The first-order valence-corrected chi connectivity index (χ1v) is 5.01. The van der Waals surface area contributed by atoms with Crippen LogP contribution in [0.4, 0.5) is 0 Å². The predicted octanol–water partition coefficient (Wildman–Crippen LogP) is 2.28. The van der Waals surface area contributed by atoms with Crippen molar-refractivity contribution in [3.63, 3.8) is 0 Å². The molecule has 2 heteroatoms. The predicted molar refractivity (Wildman–Crippen MR) is 60.7 cm³/mol. The zero-order valence-electron chi connectivity index (χ0n) is 9.21. The molecule has 0 bridgehead atoms. The minimum atomic E-state index is 0.0104. The number of aliphatic hydroxyl groups is 1. The lowest BCUT2D eigenvalue weighted by Crippen LogP contribution is -2.01. The summed E-state index contributed by atoms with van der Waals surface area (Å²) in [5.74, 6) is 6.55. The monoisotopic (exact) mass is 204 g/mol. The number of hydrogen-bond acceptors (Lipinski definition) is 2. The molecule has 1 aromatic rings. The molecule has 0 aliphatic carbocycles. The molecule has 0 saturated carbocycles. The minimum absolute atomic E-state index is 0.0104. The van der Waals surface area contributed by atoms with Crippen molar-refractivity contribution in [3.8, 4) is 17.6 Å². The average Bonchev–Trinajstić information content (AvgIpc) is 2.26. The Kier molecular flexibility index (Phi) is 4.73. The lowest BCUT2D eigenvalue weighted by Gasteiger charge is -2.11. The molecule has 15 heavy (non-hydrogen) atoms. The summed E-state index contributed by atoms with van der Waals surface area (Å²) in [7, 11) is 0. The Balaban J connectivity index is 2.68. The van der Waals surface area contributed by atoms with Crippen molar-refractivity contribution in [2.75, 3.05) is 6.61 Å². The van der Waals surface area contributed by atoms with Gasteiger partial charge in [-0.1, -0.05) is 18.2 Å². The summed E-state index contributed by atoms with van der Waals surface area (Å²) in [6, 6.07) is 5.76. The summed E-state index contributed by atoms with van der Waals surface area (Å²) in [5, 5.41) is 9.14. The van der Waals surface area contributed by atoms with E-state index in [0.29, 0.717) is 6.61 Å². The molecule has 2 nitrogen and oxygen atoms in total. The Morgan fingerprint density at radius 1 is 1.40 bits per heavy atom. The molecule has 0 radical (unpaired) electrons. The summed E-state index contributed by atoms with van der Waals surface area (Å²) >= 11 is 0. The first-order chi connectivity index (χ1) is 7.29. The fourth-order valence-corrected chi connectivity index (χ4v) is 1.37. The highest BCUT2D eigenvalue weighted by atomic mass is 16.5. The van der Waals surface area contributed by atoms with E-state index in [1.807, 2.05) is 32.0 Å². The van der Waals surface area contributed by atoms with Crippen molar-refractivity contribution >= 4 is 0 Å². The number of aryl methyl sites for hydroxylation is 1. The van der Waals surface area contributed by atoms with Crippen LogP contribution < -0.4 is 4.74 Å². The quantitative estimate of drug-likeness (QED) is 0.602.